The number of rotatable bonds is 3. The predicted molar refractivity (Wildman–Crippen MR) is 68.7 cm³/mol. The molecule has 2 N–H and O–H groups in total. The average Bonchev–Trinajstić information content (AvgIpc) is 2.88. The van der Waals surface area contributed by atoms with Gasteiger partial charge in [-0.15, -0.1) is 0 Å². The number of H-pyrrole nitrogens is 1. The number of hydrogen-bond donors (Lipinski definition) is 2. The molecule has 7 heteroatoms. The van der Waals surface area contributed by atoms with Gasteiger partial charge >= 0.3 is 0 Å². The van der Waals surface area contributed by atoms with Gasteiger partial charge in [-0.05, 0) is 19.4 Å². The van der Waals surface area contributed by atoms with E-state index < -0.39 is 0 Å². The van der Waals surface area contributed by atoms with Crippen LogP contribution in [0.4, 0.5) is 0 Å². The van der Waals surface area contributed by atoms with Gasteiger partial charge < -0.3 is 5.11 Å². The number of aromatic amines is 1. The van der Waals surface area contributed by atoms with Crippen molar-refractivity contribution in [2.24, 2.45) is 0 Å². The second kappa shape index (κ2) is 5.10. The smallest absolute Gasteiger partial charge is 0.274 e. The Bertz CT molecular complexity index is 620. The average molecular weight is 263 g/mol. The number of likely N-dealkylation sites (tertiary alicyclic amines) is 1. The Balaban J connectivity index is 1.85. The van der Waals surface area contributed by atoms with Crippen molar-refractivity contribution in [1.29, 1.82) is 0 Å². The summed E-state index contributed by atoms with van der Waals surface area (Å²) < 4.78 is 1.31. The summed E-state index contributed by atoms with van der Waals surface area (Å²) in [5.74, 6) is 0.389. The summed E-state index contributed by atoms with van der Waals surface area (Å²) in [6, 6.07) is 1.70. The quantitative estimate of drug-likeness (QED) is 0.798. The lowest BCUT2D eigenvalue weighted by molar-refractivity contribution is 0.0831. The van der Waals surface area contributed by atoms with E-state index in [0.717, 1.165) is 25.8 Å². The number of fused-ring (bicyclic) bond motifs is 1. The summed E-state index contributed by atoms with van der Waals surface area (Å²) in [5.41, 5.74) is 0.549. The van der Waals surface area contributed by atoms with Crippen LogP contribution in [0.5, 0.6) is 0 Å². The maximum absolute atomic E-state index is 11.8. The first-order valence-corrected chi connectivity index (χ1v) is 6.55. The molecule has 7 nitrogen and oxygen atoms in total. The molecule has 0 spiro atoms. The summed E-state index contributed by atoms with van der Waals surface area (Å²) in [5, 5.41) is 12.1. The minimum absolute atomic E-state index is 0.156. The molecule has 1 aliphatic heterocycles. The molecule has 1 saturated heterocycles. The minimum Gasteiger partial charge on any atom is -0.395 e. The highest BCUT2D eigenvalue weighted by Gasteiger charge is 2.22. The number of hydrogen-bond acceptors (Lipinski definition) is 5. The van der Waals surface area contributed by atoms with E-state index in [1.54, 1.807) is 0 Å². The number of aliphatic hydroxyl groups excluding tert-OH is 1. The third kappa shape index (κ3) is 2.39. The van der Waals surface area contributed by atoms with Gasteiger partial charge in [-0.25, -0.2) is 9.97 Å². The van der Waals surface area contributed by atoms with Crippen molar-refractivity contribution in [3.63, 3.8) is 0 Å². The molecule has 2 aromatic heterocycles. The van der Waals surface area contributed by atoms with E-state index in [-0.39, 0.29) is 18.2 Å². The van der Waals surface area contributed by atoms with E-state index in [4.69, 9.17) is 0 Å². The number of nitrogens with one attached hydrogen (secondary N) is 1. The second-order valence-corrected chi connectivity index (χ2v) is 4.91. The van der Waals surface area contributed by atoms with Gasteiger partial charge in [-0.2, -0.15) is 4.52 Å². The fourth-order valence-corrected chi connectivity index (χ4v) is 2.63. The highest BCUT2D eigenvalue weighted by molar-refractivity contribution is 5.26. The lowest BCUT2D eigenvalue weighted by Gasteiger charge is -2.34. The Kier molecular flexibility index (Phi) is 3.31. The molecular formula is C12H17N5O2. The number of nitrogens with zero attached hydrogens (tertiary/aromatic N) is 4. The van der Waals surface area contributed by atoms with E-state index in [2.05, 4.69) is 20.0 Å². The van der Waals surface area contributed by atoms with Crippen molar-refractivity contribution < 1.29 is 5.11 Å². The molecule has 19 heavy (non-hydrogen) atoms. The summed E-state index contributed by atoms with van der Waals surface area (Å²) in [6.45, 7) is 1.68. The lowest BCUT2D eigenvalue weighted by Crippen LogP contribution is -2.41. The van der Waals surface area contributed by atoms with Crippen molar-refractivity contribution in [2.75, 3.05) is 13.2 Å². The Labute approximate surface area is 109 Å². The molecule has 3 heterocycles. The first-order chi connectivity index (χ1) is 9.28. The summed E-state index contributed by atoms with van der Waals surface area (Å²) in [7, 11) is 0. The van der Waals surface area contributed by atoms with Crippen molar-refractivity contribution in [3.8, 4) is 0 Å². The van der Waals surface area contributed by atoms with Gasteiger partial charge in [0.2, 0.25) is 0 Å². The van der Waals surface area contributed by atoms with Crippen LogP contribution in [0.15, 0.2) is 17.2 Å². The van der Waals surface area contributed by atoms with E-state index >= 15 is 0 Å². The van der Waals surface area contributed by atoms with Gasteiger partial charge in [-0.1, -0.05) is 6.42 Å². The van der Waals surface area contributed by atoms with Gasteiger partial charge in [0, 0.05) is 18.7 Å². The van der Waals surface area contributed by atoms with Gasteiger partial charge in [0.05, 0.1) is 12.3 Å². The summed E-state index contributed by atoms with van der Waals surface area (Å²) in [4.78, 5) is 22.4. The number of aromatic nitrogens is 4. The fourth-order valence-electron chi connectivity index (χ4n) is 2.63. The molecule has 1 aliphatic rings. The monoisotopic (exact) mass is 263 g/mol. The zero-order valence-electron chi connectivity index (χ0n) is 10.6. The zero-order chi connectivity index (χ0) is 13.2. The molecule has 1 unspecified atom stereocenters. The highest BCUT2D eigenvalue weighted by Crippen LogP contribution is 2.18. The molecule has 1 atom stereocenters. The molecule has 0 aliphatic carbocycles. The van der Waals surface area contributed by atoms with Gasteiger partial charge in [0.15, 0.2) is 0 Å². The van der Waals surface area contributed by atoms with Gasteiger partial charge in [0.1, 0.15) is 6.33 Å². The molecule has 0 amide bonds. The molecule has 0 saturated carbocycles. The first-order valence-electron chi connectivity index (χ1n) is 6.55. The zero-order valence-corrected chi connectivity index (χ0v) is 10.6. The minimum atomic E-state index is -0.157. The van der Waals surface area contributed by atoms with Crippen LogP contribution in [0.2, 0.25) is 0 Å². The topological polar surface area (TPSA) is 86.5 Å². The molecule has 2 aromatic rings. The summed E-state index contributed by atoms with van der Waals surface area (Å²) in [6.07, 6.45) is 4.72. The van der Waals surface area contributed by atoms with Crippen LogP contribution in [0.1, 0.15) is 25.0 Å². The molecule has 102 valence electrons. The van der Waals surface area contributed by atoms with Crippen LogP contribution in [0.3, 0.4) is 0 Å². The molecule has 0 aromatic carbocycles. The third-order valence-corrected chi connectivity index (χ3v) is 3.65. The number of piperidine rings is 1. The normalized spacial score (nSPS) is 21.0. The maximum atomic E-state index is 11.8. The van der Waals surface area contributed by atoms with Crippen LogP contribution in [0, 0.1) is 0 Å². The van der Waals surface area contributed by atoms with Crippen LogP contribution in [-0.4, -0.2) is 48.8 Å². The standard InChI is InChI=1S/C12H17N5O2/c18-7-10-3-1-2-4-16(10)6-9-5-11(19)17-12(15-9)13-8-14-17/h5,8,10,18H,1-4,6-7H2,(H,13,14,15). The fraction of sp³-hybridized carbons (Fsp3) is 0.583. The van der Waals surface area contributed by atoms with Crippen LogP contribution in [0.25, 0.3) is 5.78 Å². The van der Waals surface area contributed by atoms with E-state index in [1.165, 1.54) is 16.9 Å². The van der Waals surface area contributed by atoms with E-state index in [0.29, 0.717) is 18.0 Å². The molecule has 1 fully saturated rings. The maximum Gasteiger partial charge on any atom is 0.274 e. The van der Waals surface area contributed by atoms with Crippen molar-refractivity contribution in [2.45, 2.75) is 31.8 Å². The van der Waals surface area contributed by atoms with Crippen LogP contribution < -0.4 is 5.56 Å². The Morgan fingerprint density at radius 3 is 3.21 bits per heavy atom. The van der Waals surface area contributed by atoms with Crippen molar-refractivity contribution >= 4 is 5.78 Å². The SMILES string of the molecule is O=c1cc(CN2CCCCC2CO)nc2nc[nH]n12. The Hall–Kier alpha value is -1.73. The van der Waals surface area contributed by atoms with Crippen molar-refractivity contribution in [1.82, 2.24) is 24.5 Å². The number of aliphatic hydroxyl groups is 1. The Morgan fingerprint density at radius 2 is 2.37 bits per heavy atom. The highest BCUT2D eigenvalue weighted by atomic mass is 16.3. The lowest BCUT2D eigenvalue weighted by atomic mass is 10.0. The van der Waals surface area contributed by atoms with Crippen LogP contribution in [-0.2, 0) is 6.54 Å². The first kappa shape index (κ1) is 12.3. The molecule has 3 rings (SSSR count). The molecule has 0 bridgehead atoms. The second-order valence-electron chi connectivity index (χ2n) is 4.91. The van der Waals surface area contributed by atoms with Gasteiger partial charge in [0.25, 0.3) is 11.3 Å². The van der Waals surface area contributed by atoms with E-state index in [1.807, 2.05) is 0 Å². The van der Waals surface area contributed by atoms with Crippen LogP contribution >= 0.6 is 0 Å². The summed E-state index contributed by atoms with van der Waals surface area (Å²) >= 11 is 0. The predicted octanol–water partition coefficient (Wildman–Crippen LogP) is -0.236. The third-order valence-electron chi connectivity index (χ3n) is 3.65. The molecular weight excluding hydrogens is 246 g/mol. The Morgan fingerprint density at radius 1 is 1.47 bits per heavy atom. The van der Waals surface area contributed by atoms with E-state index in [9.17, 15) is 9.90 Å². The van der Waals surface area contributed by atoms with Gasteiger partial charge in [-0.3, -0.25) is 14.8 Å². The molecule has 0 radical (unpaired) electrons. The largest absolute Gasteiger partial charge is 0.395 e. The van der Waals surface area contributed by atoms with Crippen molar-refractivity contribution in [3.05, 3.63) is 28.4 Å².